The summed E-state index contributed by atoms with van der Waals surface area (Å²) in [6, 6.07) is 6.67. The molecule has 0 amide bonds. The molecule has 1 radical (unpaired) electrons. The van der Waals surface area contributed by atoms with Crippen molar-refractivity contribution in [2.75, 3.05) is 10.8 Å². The monoisotopic (exact) mass is 519 g/mol. The predicted octanol–water partition coefficient (Wildman–Crippen LogP) is 5.95. The van der Waals surface area contributed by atoms with Crippen molar-refractivity contribution in [3.8, 4) is 0 Å². The van der Waals surface area contributed by atoms with Crippen LogP contribution >= 0.6 is 11.3 Å². The molecule has 0 bridgehead atoms. The van der Waals surface area contributed by atoms with Crippen LogP contribution in [0.3, 0.4) is 0 Å². The van der Waals surface area contributed by atoms with Gasteiger partial charge in [-0.25, -0.2) is 17.2 Å². The molecule has 0 saturated heterocycles. The van der Waals surface area contributed by atoms with Crippen LogP contribution in [-0.4, -0.2) is 26.5 Å². The van der Waals surface area contributed by atoms with E-state index in [0.29, 0.717) is 22.3 Å². The molecule has 0 fully saturated rings. The number of fused-ring (bicyclic) bond motifs is 1. The zero-order valence-electron chi connectivity index (χ0n) is 17.5. The number of nitrogens with zero attached hydrogens (tertiary/aromatic N) is 1. The Kier molecular flexibility index (Phi) is 10.7. The minimum Gasteiger partial charge on any atom is -0.506 e. The van der Waals surface area contributed by atoms with E-state index >= 15 is 0 Å². The van der Waals surface area contributed by atoms with Crippen molar-refractivity contribution in [2.45, 2.75) is 41.0 Å². The standard InChI is InChI=1S/C17H17F2NO3S2.C2H6.CH3.Y/c1-9-6-4-5-7-12(9)16-15(21)14-10(2)11(3)24-17(14)20(8-13(18)19)25(16,22)23;1-2;;/h4-7,13,21H,8H2,1-3H3;1-2H3;1H3;/q;;-1;. The number of benzene rings is 1. The van der Waals surface area contributed by atoms with Crippen molar-refractivity contribution in [3.63, 3.8) is 0 Å². The van der Waals surface area contributed by atoms with Crippen LogP contribution in [0.4, 0.5) is 13.8 Å². The van der Waals surface area contributed by atoms with Gasteiger partial charge in [-0.3, -0.25) is 4.31 Å². The molecule has 1 aliphatic heterocycles. The van der Waals surface area contributed by atoms with Gasteiger partial charge in [0.05, 0.1) is 12.1 Å². The second-order valence-electron chi connectivity index (χ2n) is 5.88. The maximum absolute atomic E-state index is 13.1. The predicted molar refractivity (Wildman–Crippen MR) is 114 cm³/mol. The molecule has 0 aliphatic carbocycles. The molecule has 0 spiro atoms. The Balaban J connectivity index is 0.00000190. The third-order valence-electron chi connectivity index (χ3n) is 4.29. The van der Waals surface area contributed by atoms with E-state index in [1.165, 1.54) is 0 Å². The van der Waals surface area contributed by atoms with Crippen LogP contribution in [0.25, 0.3) is 10.7 Å². The summed E-state index contributed by atoms with van der Waals surface area (Å²) in [5, 5.41) is 10.9. The molecule has 4 nitrogen and oxygen atoms in total. The molecular formula is C20H26F2NO3S2Y-. The Morgan fingerprint density at radius 1 is 1.14 bits per heavy atom. The van der Waals surface area contributed by atoms with Gasteiger partial charge in [-0.2, -0.15) is 0 Å². The Morgan fingerprint density at radius 2 is 1.69 bits per heavy atom. The van der Waals surface area contributed by atoms with Gasteiger partial charge in [-0.15, -0.1) is 11.3 Å². The number of hydrogen-bond acceptors (Lipinski definition) is 4. The van der Waals surface area contributed by atoms with Crippen LogP contribution in [-0.2, 0) is 42.7 Å². The number of alkyl halides is 2. The Labute approximate surface area is 201 Å². The number of aliphatic hydroxyl groups excluding tert-OH is 1. The van der Waals surface area contributed by atoms with Crippen molar-refractivity contribution < 1.29 is 55.0 Å². The first-order valence-electron chi connectivity index (χ1n) is 8.56. The van der Waals surface area contributed by atoms with E-state index in [1.807, 2.05) is 13.8 Å². The first-order chi connectivity index (χ1) is 12.7. The minimum absolute atomic E-state index is 0. The average Bonchev–Trinajstić information content (AvgIpc) is 2.90. The maximum Gasteiger partial charge on any atom is 0.269 e. The molecule has 0 saturated carbocycles. The molecule has 1 aromatic carbocycles. The second kappa shape index (κ2) is 11.0. The van der Waals surface area contributed by atoms with Gasteiger partial charge in [0.1, 0.15) is 15.7 Å². The van der Waals surface area contributed by atoms with Crippen molar-refractivity contribution in [3.05, 3.63) is 58.8 Å². The SMILES string of the molecule is CC.Cc1ccccc1C1=C(O)c2c(sc(C)c2C)N(CC(F)F)S1(=O)=O.[CH3-].[Y]. The van der Waals surface area contributed by atoms with Gasteiger partial charge >= 0.3 is 0 Å². The number of sulfonamides is 1. The molecule has 2 heterocycles. The smallest absolute Gasteiger partial charge is 0.269 e. The zero-order chi connectivity index (χ0) is 20.5. The maximum atomic E-state index is 13.1. The second-order valence-corrected chi connectivity index (χ2v) is 8.89. The fourth-order valence-electron chi connectivity index (χ4n) is 2.92. The summed E-state index contributed by atoms with van der Waals surface area (Å²) < 4.78 is 53.1. The van der Waals surface area contributed by atoms with Crippen LogP contribution in [0, 0.1) is 28.2 Å². The number of thiophene rings is 1. The van der Waals surface area contributed by atoms with Gasteiger partial charge in [0.25, 0.3) is 16.4 Å². The normalized spacial score (nSPS) is 14.4. The third kappa shape index (κ3) is 5.09. The van der Waals surface area contributed by atoms with E-state index in [0.717, 1.165) is 20.5 Å². The summed E-state index contributed by atoms with van der Waals surface area (Å²) in [6.45, 7) is 8.28. The number of aliphatic hydroxyl groups is 1. The molecule has 29 heavy (non-hydrogen) atoms. The molecule has 3 rings (SSSR count). The Morgan fingerprint density at radius 3 is 2.21 bits per heavy atom. The quantitative estimate of drug-likeness (QED) is 0.511. The molecule has 1 aromatic heterocycles. The fourth-order valence-corrected chi connectivity index (χ4v) is 6.09. The first-order valence-corrected chi connectivity index (χ1v) is 10.8. The van der Waals surface area contributed by atoms with Crippen LogP contribution in [0.2, 0.25) is 0 Å². The molecule has 2 aromatic rings. The third-order valence-corrected chi connectivity index (χ3v) is 7.47. The number of hydrogen-bond donors (Lipinski definition) is 1. The molecule has 1 aliphatic rings. The Bertz CT molecular complexity index is 986. The van der Waals surface area contributed by atoms with Gasteiger partial charge in [-0.05, 0) is 31.9 Å². The van der Waals surface area contributed by atoms with E-state index in [1.54, 1.807) is 45.0 Å². The molecule has 9 heteroatoms. The molecule has 159 valence electrons. The summed E-state index contributed by atoms with van der Waals surface area (Å²) in [7, 11) is -4.31. The van der Waals surface area contributed by atoms with Crippen molar-refractivity contribution in [1.82, 2.24) is 0 Å². The minimum atomic E-state index is -4.31. The van der Waals surface area contributed by atoms with Crippen molar-refractivity contribution >= 4 is 37.0 Å². The van der Waals surface area contributed by atoms with Gasteiger partial charge in [-0.1, -0.05) is 38.1 Å². The van der Waals surface area contributed by atoms with E-state index in [4.69, 9.17) is 0 Å². The van der Waals surface area contributed by atoms with Crippen LogP contribution < -0.4 is 4.31 Å². The topological polar surface area (TPSA) is 57.6 Å². The Hall–Kier alpha value is -0.826. The average molecular weight is 519 g/mol. The number of aryl methyl sites for hydroxylation is 2. The van der Waals surface area contributed by atoms with Gasteiger partial charge < -0.3 is 12.5 Å². The molecule has 1 N–H and O–H groups in total. The number of rotatable bonds is 3. The molecule has 0 unspecified atom stereocenters. The fraction of sp³-hybridized carbons (Fsp3) is 0.350. The van der Waals surface area contributed by atoms with Crippen molar-refractivity contribution in [1.29, 1.82) is 0 Å². The largest absolute Gasteiger partial charge is 0.506 e. The summed E-state index contributed by atoms with van der Waals surface area (Å²) in [6.07, 6.45) is -2.83. The van der Waals surface area contributed by atoms with E-state index in [9.17, 15) is 22.3 Å². The summed E-state index contributed by atoms with van der Waals surface area (Å²) >= 11 is 1.09. The summed E-state index contributed by atoms with van der Waals surface area (Å²) in [5.41, 5.74) is 1.96. The first kappa shape index (κ1) is 28.2. The summed E-state index contributed by atoms with van der Waals surface area (Å²) in [5.74, 6) is -0.378. The molecule has 0 atom stereocenters. The molecular weight excluding hydrogens is 493 g/mol. The van der Waals surface area contributed by atoms with Gasteiger partial charge in [0.15, 0.2) is 0 Å². The van der Waals surface area contributed by atoms with E-state index < -0.39 is 23.0 Å². The van der Waals surface area contributed by atoms with E-state index in [2.05, 4.69) is 0 Å². The van der Waals surface area contributed by atoms with Crippen molar-refractivity contribution in [2.24, 2.45) is 0 Å². The number of anilines is 1. The van der Waals surface area contributed by atoms with Crippen LogP contribution in [0.1, 0.15) is 41.0 Å². The number of halogens is 2. The van der Waals surface area contributed by atoms with Gasteiger partial charge in [0.2, 0.25) is 0 Å². The van der Waals surface area contributed by atoms with E-state index in [-0.39, 0.29) is 55.8 Å². The zero-order valence-corrected chi connectivity index (χ0v) is 21.9. The van der Waals surface area contributed by atoms with Crippen LogP contribution in [0.5, 0.6) is 0 Å². The van der Waals surface area contributed by atoms with Gasteiger partial charge in [0, 0.05) is 43.1 Å². The van der Waals surface area contributed by atoms with Crippen LogP contribution in [0.15, 0.2) is 24.3 Å². The summed E-state index contributed by atoms with van der Waals surface area (Å²) in [4.78, 5) is 0.455.